The number of anilines is 2. The molecule has 0 aliphatic heterocycles. The molecule has 8 nitrogen and oxygen atoms in total. The SMILES string of the molecule is Nc1ccc2ncc(-c3cnc(NCc4cccnc4)nc3)n2n1. The number of nitrogens with one attached hydrogen (secondary N) is 1. The van der Waals surface area contributed by atoms with E-state index in [0.717, 1.165) is 22.5 Å². The van der Waals surface area contributed by atoms with Crippen molar-refractivity contribution in [1.29, 1.82) is 0 Å². The van der Waals surface area contributed by atoms with Crippen LogP contribution in [0.3, 0.4) is 0 Å². The van der Waals surface area contributed by atoms with Gasteiger partial charge in [0.25, 0.3) is 0 Å². The van der Waals surface area contributed by atoms with Crippen molar-refractivity contribution in [1.82, 2.24) is 29.5 Å². The third-order valence-corrected chi connectivity index (χ3v) is 3.50. The molecule has 0 amide bonds. The van der Waals surface area contributed by atoms with Gasteiger partial charge in [0.2, 0.25) is 5.95 Å². The first kappa shape index (κ1) is 14.1. The molecule has 0 radical (unpaired) electrons. The standard InChI is InChI=1S/C16H14N8/c17-14-3-4-15-19-10-13(24(15)23-14)12-8-21-16(22-9-12)20-7-11-2-1-5-18-6-11/h1-6,8-10H,7H2,(H2,17,23)(H,20,21,22). The Kier molecular flexibility index (Phi) is 3.47. The first-order valence-corrected chi connectivity index (χ1v) is 7.35. The molecule has 0 aliphatic carbocycles. The topological polar surface area (TPSA) is 107 Å². The Balaban J connectivity index is 1.56. The fourth-order valence-electron chi connectivity index (χ4n) is 2.32. The maximum absolute atomic E-state index is 5.74. The number of rotatable bonds is 4. The summed E-state index contributed by atoms with van der Waals surface area (Å²) in [5.41, 5.74) is 9.13. The van der Waals surface area contributed by atoms with Crippen LogP contribution >= 0.6 is 0 Å². The highest BCUT2D eigenvalue weighted by atomic mass is 15.3. The summed E-state index contributed by atoms with van der Waals surface area (Å²) < 4.78 is 1.68. The van der Waals surface area contributed by atoms with Crippen LogP contribution in [0.25, 0.3) is 16.9 Å². The summed E-state index contributed by atoms with van der Waals surface area (Å²) in [7, 11) is 0. The third kappa shape index (κ3) is 2.72. The van der Waals surface area contributed by atoms with E-state index in [9.17, 15) is 0 Å². The maximum Gasteiger partial charge on any atom is 0.222 e. The van der Waals surface area contributed by atoms with Gasteiger partial charge in [0.05, 0.1) is 11.9 Å². The van der Waals surface area contributed by atoms with Crippen molar-refractivity contribution in [3.63, 3.8) is 0 Å². The smallest absolute Gasteiger partial charge is 0.222 e. The zero-order valence-electron chi connectivity index (χ0n) is 12.7. The Hall–Kier alpha value is -3.55. The number of imidazole rings is 1. The molecular formula is C16H14N8. The van der Waals surface area contributed by atoms with Crippen LogP contribution in [-0.4, -0.2) is 29.5 Å². The van der Waals surface area contributed by atoms with Gasteiger partial charge in [-0.05, 0) is 23.8 Å². The van der Waals surface area contributed by atoms with Crippen molar-refractivity contribution in [2.45, 2.75) is 6.54 Å². The zero-order valence-corrected chi connectivity index (χ0v) is 12.7. The number of hydrogen-bond acceptors (Lipinski definition) is 7. The molecule has 3 N–H and O–H groups in total. The molecular weight excluding hydrogens is 304 g/mol. The molecule has 0 saturated heterocycles. The van der Waals surface area contributed by atoms with E-state index >= 15 is 0 Å². The Morgan fingerprint density at radius 2 is 1.88 bits per heavy atom. The molecule has 0 fully saturated rings. The molecule has 0 aliphatic rings. The number of hydrogen-bond donors (Lipinski definition) is 2. The highest BCUT2D eigenvalue weighted by Gasteiger charge is 2.08. The highest BCUT2D eigenvalue weighted by molar-refractivity contribution is 5.62. The molecule has 24 heavy (non-hydrogen) atoms. The van der Waals surface area contributed by atoms with Gasteiger partial charge in [0.1, 0.15) is 5.82 Å². The van der Waals surface area contributed by atoms with Crippen molar-refractivity contribution >= 4 is 17.4 Å². The zero-order chi connectivity index (χ0) is 16.4. The number of pyridine rings is 1. The first-order valence-electron chi connectivity index (χ1n) is 7.35. The molecule has 8 heteroatoms. The van der Waals surface area contributed by atoms with Gasteiger partial charge in [-0.25, -0.2) is 19.5 Å². The largest absolute Gasteiger partial charge is 0.382 e. The predicted molar refractivity (Wildman–Crippen MR) is 90.0 cm³/mol. The average molecular weight is 318 g/mol. The van der Waals surface area contributed by atoms with Crippen LogP contribution in [0.1, 0.15) is 5.56 Å². The molecule has 0 unspecified atom stereocenters. The van der Waals surface area contributed by atoms with Gasteiger partial charge < -0.3 is 11.1 Å². The second-order valence-electron chi connectivity index (χ2n) is 5.18. The van der Waals surface area contributed by atoms with E-state index in [2.05, 4.69) is 30.4 Å². The van der Waals surface area contributed by atoms with Crippen molar-refractivity contribution < 1.29 is 0 Å². The maximum atomic E-state index is 5.74. The van der Waals surface area contributed by atoms with Crippen LogP contribution < -0.4 is 11.1 Å². The molecule has 4 heterocycles. The number of nitrogens with two attached hydrogens (primary N) is 1. The van der Waals surface area contributed by atoms with Gasteiger partial charge in [-0.3, -0.25) is 4.98 Å². The van der Waals surface area contributed by atoms with Crippen LogP contribution in [-0.2, 0) is 6.54 Å². The van der Waals surface area contributed by atoms with E-state index < -0.39 is 0 Å². The summed E-state index contributed by atoms with van der Waals surface area (Å²) >= 11 is 0. The molecule has 4 aromatic heterocycles. The Labute approximate surface area is 137 Å². The van der Waals surface area contributed by atoms with E-state index in [1.165, 1.54) is 0 Å². The lowest BCUT2D eigenvalue weighted by atomic mass is 10.2. The van der Waals surface area contributed by atoms with Crippen LogP contribution in [0, 0.1) is 0 Å². The number of aromatic nitrogens is 6. The van der Waals surface area contributed by atoms with Crippen LogP contribution in [0.5, 0.6) is 0 Å². The van der Waals surface area contributed by atoms with E-state index in [1.807, 2.05) is 18.2 Å². The number of fused-ring (bicyclic) bond motifs is 1. The molecule has 4 aromatic rings. The van der Waals surface area contributed by atoms with E-state index in [1.54, 1.807) is 41.6 Å². The van der Waals surface area contributed by atoms with Gasteiger partial charge in [-0.2, -0.15) is 0 Å². The average Bonchev–Trinajstić information content (AvgIpc) is 3.04. The fraction of sp³-hybridized carbons (Fsp3) is 0.0625. The van der Waals surface area contributed by atoms with E-state index in [0.29, 0.717) is 18.3 Å². The van der Waals surface area contributed by atoms with Crippen molar-refractivity contribution in [3.05, 3.63) is 60.8 Å². The van der Waals surface area contributed by atoms with Gasteiger partial charge in [-0.1, -0.05) is 6.07 Å². The molecule has 0 atom stereocenters. The molecule has 4 rings (SSSR count). The van der Waals surface area contributed by atoms with Gasteiger partial charge in [-0.15, -0.1) is 5.10 Å². The summed E-state index contributed by atoms with van der Waals surface area (Å²) in [5, 5.41) is 7.42. The van der Waals surface area contributed by atoms with Crippen LogP contribution in [0.2, 0.25) is 0 Å². The lowest BCUT2D eigenvalue weighted by molar-refractivity contribution is 0.948. The monoisotopic (exact) mass is 318 g/mol. The van der Waals surface area contributed by atoms with E-state index in [-0.39, 0.29) is 0 Å². The number of nitrogens with zero attached hydrogens (tertiary/aromatic N) is 6. The first-order chi connectivity index (χ1) is 11.8. The summed E-state index contributed by atoms with van der Waals surface area (Å²) in [4.78, 5) is 17.0. The Bertz CT molecular complexity index is 962. The summed E-state index contributed by atoms with van der Waals surface area (Å²) in [6.07, 6.45) is 8.73. The summed E-state index contributed by atoms with van der Waals surface area (Å²) in [5.74, 6) is 0.973. The summed E-state index contributed by atoms with van der Waals surface area (Å²) in [6.45, 7) is 0.612. The normalized spacial score (nSPS) is 10.8. The third-order valence-electron chi connectivity index (χ3n) is 3.50. The summed E-state index contributed by atoms with van der Waals surface area (Å²) in [6, 6.07) is 7.41. The highest BCUT2D eigenvalue weighted by Crippen LogP contribution is 2.19. The molecule has 0 bridgehead atoms. The minimum atomic E-state index is 0.428. The Morgan fingerprint density at radius 3 is 2.67 bits per heavy atom. The molecule has 0 saturated carbocycles. The lowest BCUT2D eigenvalue weighted by Crippen LogP contribution is -2.04. The van der Waals surface area contributed by atoms with Gasteiger partial charge >= 0.3 is 0 Å². The lowest BCUT2D eigenvalue weighted by Gasteiger charge is -2.05. The fourth-order valence-corrected chi connectivity index (χ4v) is 2.32. The quantitative estimate of drug-likeness (QED) is 0.590. The van der Waals surface area contributed by atoms with Gasteiger partial charge in [0.15, 0.2) is 5.65 Å². The van der Waals surface area contributed by atoms with E-state index in [4.69, 9.17) is 5.73 Å². The Morgan fingerprint density at radius 1 is 1.00 bits per heavy atom. The second kappa shape index (κ2) is 5.92. The van der Waals surface area contributed by atoms with Crippen molar-refractivity contribution in [2.75, 3.05) is 11.1 Å². The number of nitrogen functional groups attached to an aromatic ring is 1. The van der Waals surface area contributed by atoms with Crippen LogP contribution in [0.15, 0.2) is 55.2 Å². The van der Waals surface area contributed by atoms with Crippen LogP contribution in [0.4, 0.5) is 11.8 Å². The predicted octanol–water partition coefficient (Wildman–Crippen LogP) is 1.78. The minimum absolute atomic E-state index is 0.428. The van der Waals surface area contributed by atoms with Crippen molar-refractivity contribution in [2.24, 2.45) is 0 Å². The van der Waals surface area contributed by atoms with Gasteiger partial charge in [0, 0.05) is 36.9 Å². The second-order valence-corrected chi connectivity index (χ2v) is 5.18. The van der Waals surface area contributed by atoms with Crippen molar-refractivity contribution in [3.8, 4) is 11.3 Å². The molecule has 0 spiro atoms. The molecule has 118 valence electrons. The minimum Gasteiger partial charge on any atom is -0.382 e. The molecule has 0 aromatic carbocycles.